The molecule has 0 saturated heterocycles. The molecule has 1 aromatic carbocycles. The SMILES string of the molecule is CC[C@@H](O)CNC(C)(C)c1ccc(Cl)cc1. The second-order valence-electron chi connectivity index (χ2n) is 4.57. The summed E-state index contributed by atoms with van der Waals surface area (Å²) in [4.78, 5) is 0. The maximum atomic E-state index is 9.53. The number of aliphatic hydroxyl groups excluding tert-OH is 1. The predicted octanol–water partition coefficient (Wildman–Crippen LogP) is 2.94. The summed E-state index contributed by atoms with van der Waals surface area (Å²) >= 11 is 5.85. The van der Waals surface area contributed by atoms with Gasteiger partial charge in [-0.1, -0.05) is 30.7 Å². The van der Waals surface area contributed by atoms with E-state index < -0.39 is 0 Å². The summed E-state index contributed by atoms with van der Waals surface area (Å²) in [7, 11) is 0. The van der Waals surface area contributed by atoms with Crippen LogP contribution in [-0.2, 0) is 5.54 Å². The van der Waals surface area contributed by atoms with Gasteiger partial charge in [-0.25, -0.2) is 0 Å². The lowest BCUT2D eigenvalue weighted by Gasteiger charge is -2.28. The van der Waals surface area contributed by atoms with E-state index in [0.717, 1.165) is 11.4 Å². The lowest BCUT2D eigenvalue weighted by atomic mass is 9.94. The molecule has 0 bridgehead atoms. The van der Waals surface area contributed by atoms with E-state index in [-0.39, 0.29) is 11.6 Å². The highest BCUT2D eigenvalue weighted by molar-refractivity contribution is 6.30. The van der Waals surface area contributed by atoms with Gasteiger partial charge in [0.05, 0.1) is 6.10 Å². The summed E-state index contributed by atoms with van der Waals surface area (Å²) in [6.07, 6.45) is 0.482. The summed E-state index contributed by atoms with van der Waals surface area (Å²) in [5.41, 5.74) is 1.01. The van der Waals surface area contributed by atoms with Gasteiger partial charge in [0.15, 0.2) is 0 Å². The van der Waals surface area contributed by atoms with Crippen molar-refractivity contribution in [3.05, 3.63) is 34.9 Å². The van der Waals surface area contributed by atoms with E-state index in [1.165, 1.54) is 5.56 Å². The Bertz CT molecular complexity index is 321. The number of benzene rings is 1. The van der Waals surface area contributed by atoms with Crippen LogP contribution in [0.25, 0.3) is 0 Å². The third-order valence-corrected chi connectivity index (χ3v) is 3.07. The predicted molar refractivity (Wildman–Crippen MR) is 68.8 cm³/mol. The molecule has 2 nitrogen and oxygen atoms in total. The van der Waals surface area contributed by atoms with E-state index in [4.69, 9.17) is 11.6 Å². The second kappa shape index (κ2) is 5.67. The number of hydrogen-bond acceptors (Lipinski definition) is 2. The molecule has 0 fully saturated rings. The molecule has 1 atom stereocenters. The smallest absolute Gasteiger partial charge is 0.0662 e. The van der Waals surface area contributed by atoms with Crippen LogP contribution in [0, 0.1) is 0 Å². The van der Waals surface area contributed by atoms with E-state index in [2.05, 4.69) is 19.2 Å². The maximum Gasteiger partial charge on any atom is 0.0662 e. The zero-order chi connectivity index (χ0) is 12.2. The Morgan fingerprint density at radius 2 is 1.88 bits per heavy atom. The monoisotopic (exact) mass is 241 g/mol. The summed E-state index contributed by atoms with van der Waals surface area (Å²) in [6.45, 7) is 6.77. The van der Waals surface area contributed by atoms with E-state index in [0.29, 0.717) is 6.54 Å². The molecular weight excluding hydrogens is 222 g/mol. The molecule has 16 heavy (non-hydrogen) atoms. The third-order valence-electron chi connectivity index (χ3n) is 2.82. The van der Waals surface area contributed by atoms with Crippen LogP contribution in [0.4, 0.5) is 0 Å². The van der Waals surface area contributed by atoms with Crippen LogP contribution in [0.15, 0.2) is 24.3 Å². The first kappa shape index (κ1) is 13.5. The minimum Gasteiger partial charge on any atom is -0.392 e. The van der Waals surface area contributed by atoms with Gasteiger partial charge in [0, 0.05) is 17.1 Å². The summed E-state index contributed by atoms with van der Waals surface area (Å²) in [5, 5.41) is 13.6. The molecule has 0 spiro atoms. The fraction of sp³-hybridized carbons (Fsp3) is 0.538. The molecule has 2 N–H and O–H groups in total. The molecule has 3 heteroatoms. The molecular formula is C13H20ClNO. The van der Waals surface area contributed by atoms with Crippen molar-refractivity contribution in [3.63, 3.8) is 0 Å². The normalized spacial score (nSPS) is 13.8. The Morgan fingerprint density at radius 3 is 2.38 bits per heavy atom. The molecule has 0 heterocycles. The number of aliphatic hydroxyl groups is 1. The van der Waals surface area contributed by atoms with Gasteiger partial charge in [-0.3, -0.25) is 0 Å². The molecule has 0 aromatic heterocycles. The zero-order valence-electron chi connectivity index (χ0n) is 10.1. The molecule has 0 aliphatic heterocycles. The Morgan fingerprint density at radius 1 is 1.31 bits per heavy atom. The van der Waals surface area contributed by atoms with Crippen molar-refractivity contribution in [1.82, 2.24) is 5.32 Å². The van der Waals surface area contributed by atoms with Crippen molar-refractivity contribution >= 4 is 11.6 Å². The van der Waals surface area contributed by atoms with E-state index >= 15 is 0 Å². The van der Waals surface area contributed by atoms with E-state index in [1.807, 2.05) is 31.2 Å². The van der Waals surface area contributed by atoms with Crippen molar-refractivity contribution in [2.24, 2.45) is 0 Å². The van der Waals surface area contributed by atoms with Crippen LogP contribution in [0.3, 0.4) is 0 Å². The van der Waals surface area contributed by atoms with Crippen LogP contribution < -0.4 is 5.32 Å². The average Bonchev–Trinajstić information content (AvgIpc) is 2.26. The second-order valence-corrected chi connectivity index (χ2v) is 5.01. The van der Waals surface area contributed by atoms with Crippen LogP contribution in [0.1, 0.15) is 32.8 Å². The van der Waals surface area contributed by atoms with Gasteiger partial charge < -0.3 is 10.4 Å². The largest absolute Gasteiger partial charge is 0.392 e. The standard InChI is InChI=1S/C13H20ClNO/c1-4-12(16)9-15-13(2,3)10-5-7-11(14)8-6-10/h5-8,12,15-16H,4,9H2,1-3H3/t12-/m1/s1. The van der Waals surface area contributed by atoms with Gasteiger partial charge in [0.2, 0.25) is 0 Å². The van der Waals surface area contributed by atoms with E-state index in [9.17, 15) is 5.11 Å². The van der Waals surface area contributed by atoms with Gasteiger partial charge >= 0.3 is 0 Å². The fourth-order valence-corrected chi connectivity index (χ4v) is 1.61. The molecule has 1 rings (SSSR count). The third kappa shape index (κ3) is 3.78. The van der Waals surface area contributed by atoms with Crippen LogP contribution in [-0.4, -0.2) is 17.8 Å². The molecule has 1 aromatic rings. The van der Waals surface area contributed by atoms with Gasteiger partial charge in [-0.2, -0.15) is 0 Å². The highest BCUT2D eigenvalue weighted by atomic mass is 35.5. The van der Waals surface area contributed by atoms with Crippen LogP contribution >= 0.6 is 11.6 Å². The maximum absolute atomic E-state index is 9.53. The Hall–Kier alpha value is -0.570. The minimum absolute atomic E-state index is 0.152. The number of nitrogens with one attached hydrogen (secondary N) is 1. The molecule has 90 valence electrons. The molecule has 0 aliphatic carbocycles. The lowest BCUT2D eigenvalue weighted by Crippen LogP contribution is -2.41. The van der Waals surface area contributed by atoms with Crippen LogP contribution in [0.5, 0.6) is 0 Å². The van der Waals surface area contributed by atoms with Gasteiger partial charge in [-0.05, 0) is 38.0 Å². The van der Waals surface area contributed by atoms with Crippen molar-refractivity contribution < 1.29 is 5.11 Å². The van der Waals surface area contributed by atoms with Gasteiger partial charge in [0.1, 0.15) is 0 Å². The first-order valence-corrected chi connectivity index (χ1v) is 6.02. The Labute approximate surface area is 103 Å². The summed E-state index contributed by atoms with van der Waals surface area (Å²) in [6, 6.07) is 7.79. The highest BCUT2D eigenvalue weighted by Crippen LogP contribution is 2.21. The van der Waals surface area contributed by atoms with Gasteiger partial charge in [-0.15, -0.1) is 0 Å². The molecule has 0 radical (unpaired) electrons. The average molecular weight is 242 g/mol. The first-order chi connectivity index (χ1) is 7.45. The Balaban J connectivity index is 2.66. The summed E-state index contributed by atoms with van der Waals surface area (Å²) < 4.78 is 0. The lowest BCUT2D eigenvalue weighted by molar-refractivity contribution is 0.154. The first-order valence-electron chi connectivity index (χ1n) is 5.65. The molecule has 0 aliphatic rings. The van der Waals surface area contributed by atoms with Crippen molar-refractivity contribution in [1.29, 1.82) is 0 Å². The number of rotatable bonds is 5. The minimum atomic E-state index is -0.286. The topological polar surface area (TPSA) is 32.3 Å². The quantitative estimate of drug-likeness (QED) is 0.831. The van der Waals surface area contributed by atoms with Gasteiger partial charge in [0.25, 0.3) is 0 Å². The molecule has 0 saturated carbocycles. The molecule has 0 unspecified atom stereocenters. The van der Waals surface area contributed by atoms with Crippen molar-refractivity contribution in [3.8, 4) is 0 Å². The van der Waals surface area contributed by atoms with Crippen molar-refractivity contribution in [2.45, 2.75) is 38.8 Å². The summed E-state index contributed by atoms with van der Waals surface area (Å²) in [5.74, 6) is 0. The Kier molecular flexibility index (Phi) is 4.78. The van der Waals surface area contributed by atoms with Crippen LogP contribution in [0.2, 0.25) is 5.02 Å². The highest BCUT2D eigenvalue weighted by Gasteiger charge is 2.20. The molecule has 0 amide bonds. The number of hydrogen-bond donors (Lipinski definition) is 2. The fourth-order valence-electron chi connectivity index (χ4n) is 1.49. The zero-order valence-corrected chi connectivity index (χ0v) is 10.9. The van der Waals surface area contributed by atoms with E-state index in [1.54, 1.807) is 0 Å². The number of halogens is 1. The van der Waals surface area contributed by atoms with Crippen molar-refractivity contribution in [2.75, 3.05) is 6.54 Å².